The van der Waals surface area contributed by atoms with E-state index in [2.05, 4.69) is 0 Å². The molecule has 3 rings (SSSR count). The quantitative estimate of drug-likeness (QED) is 0.180. The van der Waals surface area contributed by atoms with Crippen LogP contribution in [0.15, 0.2) is 72.9 Å². The molecule has 0 aliphatic carbocycles. The molecule has 17 heteroatoms. The van der Waals surface area contributed by atoms with Crippen molar-refractivity contribution in [1.29, 1.82) is 0 Å². The van der Waals surface area contributed by atoms with Crippen molar-refractivity contribution in [2.75, 3.05) is 0 Å². The van der Waals surface area contributed by atoms with Gasteiger partial charge in [-0.05, 0) is 58.8 Å². The summed E-state index contributed by atoms with van der Waals surface area (Å²) in [6.45, 7) is 6.85. The molecule has 3 aliphatic heterocycles. The zero-order valence-electron chi connectivity index (χ0n) is 37.5. The van der Waals surface area contributed by atoms with Crippen molar-refractivity contribution in [3.8, 4) is 0 Å². The van der Waals surface area contributed by atoms with Crippen LogP contribution in [-0.2, 0) is 28.5 Å². The minimum atomic E-state index is -2.17. The minimum Gasteiger partial charge on any atom is -0.481 e. The third-order valence-corrected chi connectivity index (χ3v) is 12.1. The van der Waals surface area contributed by atoms with Gasteiger partial charge >= 0.3 is 11.9 Å². The predicted octanol–water partition coefficient (Wildman–Crippen LogP) is 1.96. The van der Waals surface area contributed by atoms with Crippen LogP contribution >= 0.6 is 0 Å². The number of hydrogen-bond acceptors (Lipinski definition) is 16. The van der Waals surface area contributed by atoms with Crippen LogP contribution in [0.4, 0.5) is 0 Å². The third kappa shape index (κ3) is 18.6. The summed E-state index contributed by atoms with van der Waals surface area (Å²) in [4.78, 5) is 25.1. The van der Waals surface area contributed by atoms with E-state index in [1.165, 1.54) is 0 Å². The highest BCUT2D eigenvalue weighted by atomic mass is 16.7. The number of ether oxygens (including phenoxy) is 4. The molecule has 64 heavy (non-hydrogen) atoms. The molecule has 2 saturated heterocycles. The Hall–Kier alpha value is -3.14. The second kappa shape index (κ2) is 27.5. The molecule has 0 unspecified atom stereocenters. The Morgan fingerprint density at radius 2 is 1.31 bits per heavy atom. The highest BCUT2D eigenvalue weighted by Crippen LogP contribution is 2.38. The lowest BCUT2D eigenvalue weighted by molar-refractivity contribution is -0.308. The fourth-order valence-corrected chi connectivity index (χ4v) is 8.15. The Bertz CT molecular complexity index is 1580. The zero-order chi connectivity index (χ0) is 47.6. The van der Waals surface area contributed by atoms with Crippen LogP contribution in [0.2, 0.25) is 0 Å². The van der Waals surface area contributed by atoms with E-state index in [4.69, 9.17) is 24.7 Å². The first-order valence-electron chi connectivity index (χ1n) is 22.5. The van der Waals surface area contributed by atoms with Crippen molar-refractivity contribution >= 4 is 11.9 Å². The average molecular weight is 910 g/mol. The van der Waals surface area contributed by atoms with Crippen molar-refractivity contribution in [1.82, 2.24) is 0 Å². The largest absolute Gasteiger partial charge is 0.481 e. The number of aliphatic hydroxyl groups is 9. The molecule has 0 aromatic heterocycles. The lowest BCUT2D eigenvalue weighted by atomic mass is 9.83. The molecule has 0 aromatic carbocycles. The van der Waals surface area contributed by atoms with Gasteiger partial charge in [0.2, 0.25) is 0 Å². The van der Waals surface area contributed by atoms with Gasteiger partial charge in [-0.1, -0.05) is 86.8 Å². The fraction of sp³-hybridized carbons (Fsp3) is 0.702. The van der Waals surface area contributed by atoms with Crippen molar-refractivity contribution in [3.05, 3.63) is 72.9 Å². The van der Waals surface area contributed by atoms with Gasteiger partial charge in [0.15, 0.2) is 12.1 Å². The van der Waals surface area contributed by atoms with E-state index in [9.17, 15) is 60.7 Å². The predicted molar refractivity (Wildman–Crippen MR) is 236 cm³/mol. The average Bonchev–Trinajstić information content (AvgIpc) is 3.20. The Morgan fingerprint density at radius 3 is 1.98 bits per heavy atom. The summed E-state index contributed by atoms with van der Waals surface area (Å²) in [6.07, 6.45) is 6.74. The monoisotopic (exact) mass is 910 g/mol. The van der Waals surface area contributed by atoms with Crippen LogP contribution in [0.5, 0.6) is 0 Å². The molecule has 3 heterocycles. The summed E-state index contributed by atoms with van der Waals surface area (Å²) in [6, 6.07) is -1.12. The van der Waals surface area contributed by atoms with Gasteiger partial charge in [0.05, 0.1) is 73.5 Å². The first-order valence-corrected chi connectivity index (χ1v) is 22.5. The number of allylic oxidation sites excluding steroid dienone is 10. The minimum absolute atomic E-state index is 0.0556. The molecule has 2 bridgehead atoms. The standard InChI is InChI=1S/C47H75NO16/c1-28-18-15-13-11-9-7-5-6-8-10-12-14-16-21-36(63-46-44(57)41(48)43(56)31(4)62-46)25-38-40(45(58)59)37(53)27-47(60,64-38)26-33(50)20-17-19-32(49)22-34(51)23-35(52)24-39(54)61-30(3)29(2)42(28)55/h5-6,8,10-16,18,21,28-38,40-44,46,49-53,55-57,60H,7,9,17,19-20,22-27,48H2,1-4H3,(H,58,59)/b6-5+,10-8-,13-11+,14-12+,18-15+,21-16+/t28-,29-,30-,31+,32+,33-,34+,35+,36-,37-,38-,40+,41-,42+,43+,44-,46-,47+/m0/s1. The SMILES string of the molecule is C[C@@H]1[C@H](O)[C@@H](C)/C=C/C=C/CC/C=C/C=C\C=C\C=C\[C@H](O[C@@H]2O[C@H](C)[C@@H](O)[C@H](N)[C@@H]2O)C[C@@H]2O[C@](O)(C[C@@H](O)CCC[C@@H](O)C[C@@H](O)C[C@@H](O)CC(=O)O[C@H]1C)C[C@H](O)[C@H]2C(=O)O. The van der Waals surface area contributed by atoms with E-state index < -0.39 is 134 Å². The number of esters is 1. The molecule has 0 spiro atoms. The molecule has 3 aliphatic rings. The Balaban J connectivity index is 1.81. The summed E-state index contributed by atoms with van der Waals surface area (Å²) >= 11 is 0. The first kappa shape index (κ1) is 55.2. The highest BCUT2D eigenvalue weighted by molar-refractivity contribution is 5.71. The number of carbonyl (C=O) groups excluding carboxylic acids is 1. The van der Waals surface area contributed by atoms with Gasteiger partial charge in [-0.2, -0.15) is 0 Å². The number of carboxylic acids is 1. The van der Waals surface area contributed by atoms with Crippen molar-refractivity contribution in [2.24, 2.45) is 23.5 Å². The smallest absolute Gasteiger partial charge is 0.311 e. The van der Waals surface area contributed by atoms with Gasteiger partial charge in [0, 0.05) is 31.1 Å². The molecule has 12 N–H and O–H groups in total. The molecular formula is C47H75NO16. The normalized spacial score (nSPS) is 44.6. The number of carboxylic acid groups (broad SMARTS) is 1. The molecule has 17 nitrogen and oxygen atoms in total. The maximum absolute atomic E-state index is 12.6. The van der Waals surface area contributed by atoms with Crippen LogP contribution < -0.4 is 5.73 Å². The van der Waals surface area contributed by atoms with Crippen LogP contribution in [0.25, 0.3) is 0 Å². The molecule has 18 atom stereocenters. The Labute approximate surface area is 376 Å². The van der Waals surface area contributed by atoms with Crippen molar-refractivity contribution in [3.63, 3.8) is 0 Å². The van der Waals surface area contributed by atoms with Crippen LogP contribution in [-0.4, -0.2) is 154 Å². The van der Waals surface area contributed by atoms with Crippen LogP contribution in [0, 0.1) is 17.8 Å². The molecule has 0 saturated carbocycles. The van der Waals surface area contributed by atoms with Gasteiger partial charge in [0.1, 0.15) is 18.1 Å². The Kier molecular flexibility index (Phi) is 23.7. The van der Waals surface area contributed by atoms with Crippen LogP contribution in [0.3, 0.4) is 0 Å². The van der Waals surface area contributed by atoms with Crippen LogP contribution in [0.1, 0.15) is 98.3 Å². The number of fused-ring (bicyclic) bond motifs is 2. The highest BCUT2D eigenvalue weighted by Gasteiger charge is 2.50. The number of cyclic esters (lactones) is 1. The van der Waals surface area contributed by atoms with E-state index in [1.807, 2.05) is 49.5 Å². The molecular weight excluding hydrogens is 835 g/mol. The molecule has 0 radical (unpaired) electrons. The second-order valence-electron chi connectivity index (χ2n) is 17.7. The van der Waals surface area contributed by atoms with Gasteiger partial charge in [0.25, 0.3) is 0 Å². The van der Waals surface area contributed by atoms with Gasteiger partial charge < -0.3 is 75.7 Å². The summed E-state index contributed by atoms with van der Waals surface area (Å²) in [5.41, 5.74) is 6.03. The number of aliphatic hydroxyl groups excluding tert-OH is 8. The van der Waals surface area contributed by atoms with Gasteiger partial charge in [-0.25, -0.2) is 0 Å². The first-order chi connectivity index (χ1) is 30.2. The second-order valence-corrected chi connectivity index (χ2v) is 17.7. The van der Waals surface area contributed by atoms with E-state index in [1.54, 1.807) is 51.2 Å². The number of aliphatic carboxylic acids is 1. The number of carbonyl (C=O) groups is 2. The van der Waals surface area contributed by atoms with Crippen molar-refractivity contribution in [2.45, 2.75) is 190 Å². The number of hydrogen-bond donors (Lipinski definition) is 11. The zero-order valence-corrected chi connectivity index (χ0v) is 37.5. The number of rotatable bonds is 3. The van der Waals surface area contributed by atoms with E-state index in [0.717, 1.165) is 12.8 Å². The summed E-state index contributed by atoms with van der Waals surface area (Å²) < 4.78 is 23.3. The van der Waals surface area contributed by atoms with E-state index in [0.29, 0.717) is 0 Å². The maximum atomic E-state index is 12.6. The Morgan fingerprint density at radius 1 is 0.719 bits per heavy atom. The lowest BCUT2D eigenvalue weighted by Crippen LogP contribution is -2.61. The van der Waals surface area contributed by atoms with Crippen molar-refractivity contribution < 1.29 is 79.6 Å². The van der Waals surface area contributed by atoms with E-state index in [-0.39, 0.29) is 44.4 Å². The lowest BCUT2D eigenvalue weighted by Gasteiger charge is -2.45. The molecule has 2 fully saturated rings. The van der Waals surface area contributed by atoms with Gasteiger partial charge in [-0.15, -0.1) is 0 Å². The summed E-state index contributed by atoms with van der Waals surface area (Å²) in [5, 5.41) is 107. The summed E-state index contributed by atoms with van der Waals surface area (Å²) in [5.74, 6) is -6.45. The van der Waals surface area contributed by atoms with Gasteiger partial charge in [-0.3, -0.25) is 9.59 Å². The topological polar surface area (TPSA) is 299 Å². The molecule has 0 amide bonds. The fourth-order valence-electron chi connectivity index (χ4n) is 8.15. The molecule has 0 aromatic rings. The van der Waals surface area contributed by atoms with E-state index >= 15 is 0 Å². The molecule has 364 valence electrons. The third-order valence-electron chi connectivity index (χ3n) is 12.1. The number of nitrogens with two attached hydrogens (primary N) is 1. The maximum Gasteiger partial charge on any atom is 0.311 e. The summed E-state index contributed by atoms with van der Waals surface area (Å²) in [7, 11) is 0.